The zero-order valence-electron chi connectivity index (χ0n) is 13.7. The molecule has 1 amide bonds. The number of likely N-dealkylation sites (tertiary alicyclic amines) is 1. The Balaban J connectivity index is 1.65. The molecule has 1 aliphatic rings. The van der Waals surface area contributed by atoms with Crippen LogP contribution in [-0.4, -0.2) is 49.1 Å². The number of hydrogen-bond acceptors (Lipinski definition) is 5. The fourth-order valence-electron chi connectivity index (χ4n) is 2.70. The molecule has 2 aromatic heterocycles. The van der Waals surface area contributed by atoms with E-state index >= 15 is 0 Å². The van der Waals surface area contributed by atoms with Gasteiger partial charge in [0.15, 0.2) is 11.6 Å². The van der Waals surface area contributed by atoms with E-state index in [9.17, 15) is 4.79 Å². The Kier molecular flexibility index (Phi) is 4.52. The number of anilines is 1. The van der Waals surface area contributed by atoms with Gasteiger partial charge in [0.1, 0.15) is 6.10 Å². The van der Waals surface area contributed by atoms with Crippen molar-refractivity contribution in [2.45, 2.75) is 19.4 Å². The lowest BCUT2D eigenvalue weighted by molar-refractivity contribution is 0.0777. The average Bonchev–Trinajstić information content (AvgIpc) is 3.16. The molecule has 0 aliphatic carbocycles. The first kappa shape index (κ1) is 15.8. The van der Waals surface area contributed by atoms with E-state index in [4.69, 9.17) is 4.74 Å². The molecule has 0 radical (unpaired) electrons. The van der Waals surface area contributed by atoms with Gasteiger partial charge in [-0.1, -0.05) is 0 Å². The molecule has 0 N–H and O–H groups in total. The molecule has 1 unspecified atom stereocenters. The third-order valence-corrected chi connectivity index (χ3v) is 4.84. The second kappa shape index (κ2) is 6.58. The molecule has 1 saturated heterocycles. The molecule has 122 valence electrons. The van der Waals surface area contributed by atoms with E-state index in [-0.39, 0.29) is 12.0 Å². The minimum absolute atomic E-state index is 0.0166. The Labute approximate surface area is 140 Å². The second-order valence-electron chi connectivity index (χ2n) is 5.91. The van der Waals surface area contributed by atoms with Crippen LogP contribution in [0.25, 0.3) is 0 Å². The van der Waals surface area contributed by atoms with Crippen molar-refractivity contribution in [3.63, 3.8) is 0 Å². The molecular weight excluding hydrogens is 310 g/mol. The van der Waals surface area contributed by atoms with Gasteiger partial charge in [0.25, 0.3) is 5.91 Å². The van der Waals surface area contributed by atoms with Crippen molar-refractivity contribution >= 4 is 23.1 Å². The number of thiophene rings is 1. The minimum Gasteiger partial charge on any atom is -0.485 e. The summed E-state index contributed by atoms with van der Waals surface area (Å²) in [6.45, 7) is 3.37. The highest BCUT2D eigenvalue weighted by atomic mass is 32.1. The van der Waals surface area contributed by atoms with Gasteiger partial charge in [-0.15, -0.1) is 11.3 Å². The zero-order valence-corrected chi connectivity index (χ0v) is 14.5. The summed E-state index contributed by atoms with van der Waals surface area (Å²) in [5.41, 5.74) is 0. The van der Waals surface area contributed by atoms with Crippen LogP contribution < -0.4 is 9.64 Å². The molecule has 6 heteroatoms. The molecule has 3 heterocycles. The molecule has 1 aliphatic heterocycles. The van der Waals surface area contributed by atoms with Gasteiger partial charge in [-0.3, -0.25) is 4.79 Å². The van der Waals surface area contributed by atoms with Gasteiger partial charge in [-0.25, -0.2) is 4.98 Å². The molecule has 1 fully saturated rings. The van der Waals surface area contributed by atoms with Crippen LogP contribution in [-0.2, 0) is 0 Å². The first-order valence-corrected chi connectivity index (χ1v) is 8.51. The Bertz CT molecular complexity index is 699. The summed E-state index contributed by atoms with van der Waals surface area (Å²) in [6, 6.07) is 7.69. The predicted molar refractivity (Wildman–Crippen MR) is 92.6 cm³/mol. The Morgan fingerprint density at radius 1 is 1.39 bits per heavy atom. The molecular formula is C17H21N3O2S. The number of carbonyl (C=O) groups excluding carboxylic acids is 1. The van der Waals surface area contributed by atoms with E-state index in [2.05, 4.69) is 4.98 Å². The van der Waals surface area contributed by atoms with Crippen molar-refractivity contribution in [2.24, 2.45) is 0 Å². The number of hydrogen-bond donors (Lipinski definition) is 0. The van der Waals surface area contributed by atoms with Gasteiger partial charge in [-0.2, -0.15) is 0 Å². The number of ether oxygens (including phenoxy) is 1. The van der Waals surface area contributed by atoms with Crippen LogP contribution in [0.1, 0.15) is 21.0 Å². The molecule has 0 aromatic carbocycles. The van der Waals surface area contributed by atoms with Crippen molar-refractivity contribution in [2.75, 3.05) is 32.1 Å². The third-order valence-electron chi connectivity index (χ3n) is 3.85. The van der Waals surface area contributed by atoms with Gasteiger partial charge in [0.05, 0.1) is 11.4 Å². The van der Waals surface area contributed by atoms with Crippen molar-refractivity contribution in [3.8, 4) is 5.75 Å². The summed E-state index contributed by atoms with van der Waals surface area (Å²) < 4.78 is 6.09. The van der Waals surface area contributed by atoms with E-state index in [0.717, 1.165) is 34.3 Å². The lowest BCUT2D eigenvalue weighted by atomic mass is 10.3. The van der Waals surface area contributed by atoms with Crippen LogP contribution in [0.4, 0.5) is 5.82 Å². The van der Waals surface area contributed by atoms with Gasteiger partial charge in [0.2, 0.25) is 0 Å². The van der Waals surface area contributed by atoms with Gasteiger partial charge >= 0.3 is 0 Å². The lowest BCUT2D eigenvalue weighted by Gasteiger charge is -2.20. The number of amides is 1. The first-order chi connectivity index (χ1) is 11.0. The monoisotopic (exact) mass is 331 g/mol. The third kappa shape index (κ3) is 3.47. The van der Waals surface area contributed by atoms with E-state index in [0.29, 0.717) is 6.54 Å². The minimum atomic E-state index is 0.0166. The number of pyridine rings is 1. The van der Waals surface area contributed by atoms with Crippen molar-refractivity contribution < 1.29 is 9.53 Å². The van der Waals surface area contributed by atoms with Gasteiger partial charge in [0, 0.05) is 38.1 Å². The number of rotatable bonds is 4. The summed E-state index contributed by atoms with van der Waals surface area (Å²) in [7, 11) is 3.89. The Morgan fingerprint density at radius 2 is 2.22 bits per heavy atom. The van der Waals surface area contributed by atoms with Crippen molar-refractivity contribution in [1.29, 1.82) is 0 Å². The maximum Gasteiger partial charge on any atom is 0.264 e. The highest BCUT2D eigenvalue weighted by Crippen LogP contribution is 2.27. The summed E-state index contributed by atoms with van der Waals surface area (Å²) in [5, 5.41) is 0. The Morgan fingerprint density at radius 3 is 2.91 bits per heavy atom. The normalized spacial score (nSPS) is 17.3. The van der Waals surface area contributed by atoms with Gasteiger partial charge in [-0.05, 0) is 31.2 Å². The number of carbonyl (C=O) groups is 1. The molecule has 3 rings (SSSR count). The fourth-order valence-corrected chi connectivity index (χ4v) is 3.54. The quantitative estimate of drug-likeness (QED) is 0.864. The summed E-state index contributed by atoms with van der Waals surface area (Å²) >= 11 is 1.55. The van der Waals surface area contributed by atoms with Crippen molar-refractivity contribution in [1.82, 2.24) is 9.88 Å². The van der Waals surface area contributed by atoms with Crippen LogP contribution in [0.5, 0.6) is 5.75 Å². The zero-order chi connectivity index (χ0) is 16.4. The molecule has 0 bridgehead atoms. The van der Waals surface area contributed by atoms with E-state index < -0.39 is 0 Å². The van der Waals surface area contributed by atoms with E-state index in [1.54, 1.807) is 17.5 Å². The number of nitrogens with zero attached hydrogens (tertiary/aromatic N) is 3. The largest absolute Gasteiger partial charge is 0.485 e. The van der Waals surface area contributed by atoms with Crippen LogP contribution in [0.15, 0.2) is 30.5 Å². The van der Waals surface area contributed by atoms with Crippen LogP contribution in [0.3, 0.4) is 0 Å². The second-order valence-corrected chi connectivity index (χ2v) is 7.20. The maximum absolute atomic E-state index is 12.5. The van der Waals surface area contributed by atoms with E-state index in [1.165, 1.54) is 0 Å². The molecule has 5 nitrogen and oxygen atoms in total. The maximum atomic E-state index is 12.5. The first-order valence-electron chi connectivity index (χ1n) is 7.69. The summed E-state index contributed by atoms with van der Waals surface area (Å²) in [5.74, 6) is 1.68. The highest BCUT2D eigenvalue weighted by molar-refractivity contribution is 7.13. The van der Waals surface area contributed by atoms with Crippen molar-refractivity contribution in [3.05, 3.63) is 40.2 Å². The van der Waals surface area contributed by atoms with E-state index in [1.807, 2.05) is 55.1 Å². The van der Waals surface area contributed by atoms with Crippen LogP contribution in [0.2, 0.25) is 0 Å². The topological polar surface area (TPSA) is 45.7 Å². The number of aromatic nitrogens is 1. The smallest absolute Gasteiger partial charge is 0.264 e. The predicted octanol–water partition coefficient (Wildman–Crippen LogP) is 2.81. The lowest BCUT2D eigenvalue weighted by Crippen LogP contribution is -2.30. The Hall–Kier alpha value is -2.08. The summed E-state index contributed by atoms with van der Waals surface area (Å²) in [4.78, 5) is 22.6. The molecule has 0 saturated carbocycles. The van der Waals surface area contributed by atoms with Gasteiger partial charge < -0.3 is 14.5 Å². The molecule has 2 aromatic rings. The molecule has 0 spiro atoms. The highest BCUT2D eigenvalue weighted by Gasteiger charge is 2.29. The molecule has 23 heavy (non-hydrogen) atoms. The molecule has 1 atom stereocenters. The van der Waals surface area contributed by atoms with Crippen LogP contribution >= 0.6 is 11.3 Å². The van der Waals surface area contributed by atoms with Crippen LogP contribution in [0, 0.1) is 6.92 Å². The number of aryl methyl sites for hydroxylation is 1. The fraction of sp³-hybridized carbons (Fsp3) is 0.412. The summed E-state index contributed by atoms with van der Waals surface area (Å²) in [6.07, 6.45) is 2.62. The SMILES string of the molecule is Cc1ccc(C(=O)N2CCC(Oc3cccnc3N(C)C)C2)s1. The standard InChI is InChI=1S/C17H21N3O2S/c1-12-6-7-15(23-12)17(21)20-10-8-13(11-20)22-14-5-4-9-18-16(14)19(2)3/h4-7,9,13H,8,10-11H2,1-3H3. The average molecular weight is 331 g/mol.